The van der Waals surface area contributed by atoms with Crippen LogP contribution in [0, 0.1) is 18.7 Å². The van der Waals surface area contributed by atoms with Gasteiger partial charge in [0.2, 0.25) is 5.91 Å². The maximum Gasteiger partial charge on any atom is 0.223 e. The number of nitrogens with one attached hydrogen (secondary N) is 1. The van der Waals surface area contributed by atoms with E-state index in [0.29, 0.717) is 17.9 Å². The number of nitrogens with two attached hydrogens (primary N) is 1. The fourth-order valence-electron chi connectivity index (χ4n) is 3.19. The van der Waals surface area contributed by atoms with Gasteiger partial charge in [-0.05, 0) is 44.4 Å². The lowest BCUT2D eigenvalue weighted by molar-refractivity contribution is -0.126. The second-order valence-electron chi connectivity index (χ2n) is 6.13. The van der Waals surface area contributed by atoms with E-state index in [0.717, 1.165) is 36.6 Å². The SMILES string of the molecule is Cc1c(CNC(=O)C2CCCC(N)C2)oc2ccc(F)cc12. The molecule has 4 nitrogen and oxygen atoms in total. The van der Waals surface area contributed by atoms with Crippen LogP contribution in [0.3, 0.4) is 0 Å². The van der Waals surface area contributed by atoms with Crippen molar-refractivity contribution in [2.45, 2.75) is 45.2 Å². The van der Waals surface area contributed by atoms with Gasteiger partial charge in [-0.3, -0.25) is 4.79 Å². The van der Waals surface area contributed by atoms with Gasteiger partial charge in [0.15, 0.2) is 0 Å². The molecular weight excluding hydrogens is 283 g/mol. The molecule has 0 bridgehead atoms. The number of amides is 1. The Kier molecular flexibility index (Phi) is 4.16. The van der Waals surface area contributed by atoms with Gasteiger partial charge >= 0.3 is 0 Å². The lowest BCUT2D eigenvalue weighted by atomic mass is 9.85. The van der Waals surface area contributed by atoms with Gasteiger partial charge in [0.05, 0.1) is 6.54 Å². The second kappa shape index (κ2) is 6.08. The summed E-state index contributed by atoms with van der Waals surface area (Å²) in [5.41, 5.74) is 7.44. The van der Waals surface area contributed by atoms with E-state index in [1.54, 1.807) is 6.07 Å². The molecule has 0 saturated heterocycles. The van der Waals surface area contributed by atoms with E-state index in [1.165, 1.54) is 12.1 Å². The predicted octanol–water partition coefficient (Wildman–Crippen LogP) is 3.01. The van der Waals surface area contributed by atoms with Crippen molar-refractivity contribution in [3.63, 3.8) is 0 Å². The molecule has 22 heavy (non-hydrogen) atoms. The summed E-state index contributed by atoms with van der Waals surface area (Å²) in [6, 6.07) is 4.57. The fourth-order valence-corrected chi connectivity index (χ4v) is 3.19. The first-order valence-electron chi connectivity index (χ1n) is 7.75. The van der Waals surface area contributed by atoms with Crippen molar-refractivity contribution in [3.8, 4) is 0 Å². The first-order chi connectivity index (χ1) is 10.5. The molecule has 3 rings (SSSR count). The molecule has 1 aromatic heterocycles. The van der Waals surface area contributed by atoms with Crippen molar-refractivity contribution >= 4 is 16.9 Å². The van der Waals surface area contributed by atoms with Crippen LogP contribution in [0.15, 0.2) is 22.6 Å². The quantitative estimate of drug-likeness (QED) is 0.916. The van der Waals surface area contributed by atoms with Crippen LogP contribution in [0.5, 0.6) is 0 Å². The first kappa shape index (κ1) is 15.0. The molecule has 5 heteroatoms. The van der Waals surface area contributed by atoms with Crippen LogP contribution in [0.1, 0.15) is 37.0 Å². The number of rotatable bonds is 3. The van der Waals surface area contributed by atoms with Gasteiger partial charge in [-0.1, -0.05) is 6.42 Å². The molecule has 2 unspecified atom stereocenters. The molecule has 1 saturated carbocycles. The molecule has 1 aliphatic carbocycles. The summed E-state index contributed by atoms with van der Waals surface area (Å²) in [6.07, 6.45) is 3.64. The molecule has 1 fully saturated rings. The van der Waals surface area contributed by atoms with Crippen LogP contribution < -0.4 is 11.1 Å². The molecule has 0 aliphatic heterocycles. The zero-order valence-corrected chi connectivity index (χ0v) is 12.7. The maximum atomic E-state index is 13.3. The van der Waals surface area contributed by atoms with Gasteiger partial charge in [0.25, 0.3) is 0 Å². The molecule has 1 heterocycles. The number of aryl methyl sites for hydroxylation is 1. The summed E-state index contributed by atoms with van der Waals surface area (Å²) in [6.45, 7) is 2.20. The zero-order chi connectivity index (χ0) is 15.7. The third-order valence-electron chi connectivity index (χ3n) is 4.51. The normalized spacial score (nSPS) is 22.0. The lowest BCUT2D eigenvalue weighted by Gasteiger charge is -2.25. The average molecular weight is 304 g/mol. The molecule has 3 N–H and O–H groups in total. The average Bonchev–Trinajstić information content (AvgIpc) is 2.81. The second-order valence-corrected chi connectivity index (χ2v) is 6.13. The van der Waals surface area contributed by atoms with Gasteiger partial charge in [-0.25, -0.2) is 4.39 Å². The Balaban J connectivity index is 1.68. The van der Waals surface area contributed by atoms with Crippen molar-refractivity contribution in [3.05, 3.63) is 35.3 Å². The van der Waals surface area contributed by atoms with Crippen molar-refractivity contribution in [2.75, 3.05) is 0 Å². The van der Waals surface area contributed by atoms with E-state index in [9.17, 15) is 9.18 Å². The minimum absolute atomic E-state index is 0.00845. The number of hydrogen-bond acceptors (Lipinski definition) is 3. The fraction of sp³-hybridized carbons (Fsp3) is 0.471. The van der Waals surface area contributed by atoms with E-state index in [4.69, 9.17) is 10.2 Å². The van der Waals surface area contributed by atoms with Gasteiger partial charge in [-0.15, -0.1) is 0 Å². The Labute approximate surface area is 128 Å². The number of carbonyl (C=O) groups is 1. The highest BCUT2D eigenvalue weighted by molar-refractivity contribution is 5.82. The Morgan fingerprint density at radius 2 is 2.27 bits per heavy atom. The highest BCUT2D eigenvalue weighted by Gasteiger charge is 2.25. The third kappa shape index (κ3) is 2.99. The van der Waals surface area contributed by atoms with Crippen LogP contribution in [0.4, 0.5) is 4.39 Å². The summed E-state index contributed by atoms with van der Waals surface area (Å²) in [5.74, 6) is 0.407. The minimum atomic E-state index is -0.289. The lowest BCUT2D eigenvalue weighted by Crippen LogP contribution is -2.37. The maximum absolute atomic E-state index is 13.3. The van der Waals surface area contributed by atoms with Crippen LogP contribution in [0.2, 0.25) is 0 Å². The molecule has 0 spiro atoms. The molecule has 1 aliphatic rings. The summed E-state index contributed by atoms with van der Waals surface area (Å²) in [5, 5.41) is 3.68. The highest BCUT2D eigenvalue weighted by atomic mass is 19.1. The van der Waals surface area contributed by atoms with Crippen molar-refractivity contribution in [1.29, 1.82) is 0 Å². The molecule has 118 valence electrons. The van der Waals surface area contributed by atoms with Crippen molar-refractivity contribution in [2.24, 2.45) is 11.7 Å². The number of benzene rings is 1. The van der Waals surface area contributed by atoms with Gasteiger partial charge in [-0.2, -0.15) is 0 Å². The molecule has 2 atom stereocenters. The van der Waals surface area contributed by atoms with E-state index in [1.807, 2.05) is 6.92 Å². The number of fused-ring (bicyclic) bond motifs is 1. The van der Waals surface area contributed by atoms with Crippen LogP contribution in [-0.2, 0) is 11.3 Å². The van der Waals surface area contributed by atoms with Crippen LogP contribution >= 0.6 is 0 Å². The molecule has 1 amide bonds. The van der Waals surface area contributed by atoms with Crippen molar-refractivity contribution < 1.29 is 13.6 Å². The Morgan fingerprint density at radius 3 is 3.05 bits per heavy atom. The van der Waals surface area contributed by atoms with E-state index >= 15 is 0 Å². The molecule has 1 aromatic carbocycles. The number of halogens is 1. The van der Waals surface area contributed by atoms with Gasteiger partial charge < -0.3 is 15.5 Å². The monoisotopic (exact) mass is 304 g/mol. The first-order valence-corrected chi connectivity index (χ1v) is 7.75. The Hall–Kier alpha value is -1.88. The van der Waals surface area contributed by atoms with Gasteiger partial charge in [0, 0.05) is 22.9 Å². The van der Waals surface area contributed by atoms with E-state index < -0.39 is 0 Å². The van der Waals surface area contributed by atoms with Crippen LogP contribution in [0.25, 0.3) is 11.0 Å². The summed E-state index contributed by atoms with van der Waals surface area (Å²) in [4.78, 5) is 12.2. The Bertz CT molecular complexity index is 695. The number of furan rings is 1. The topological polar surface area (TPSA) is 68.3 Å². The standard InChI is InChI=1S/C17H21FN2O2/c1-10-14-8-12(18)5-6-15(14)22-16(10)9-20-17(21)11-3-2-4-13(19)7-11/h5-6,8,11,13H,2-4,7,9,19H2,1H3,(H,20,21). The molecular formula is C17H21FN2O2. The minimum Gasteiger partial charge on any atom is -0.459 e. The predicted molar refractivity (Wildman–Crippen MR) is 82.7 cm³/mol. The van der Waals surface area contributed by atoms with Gasteiger partial charge in [0.1, 0.15) is 17.2 Å². The Morgan fingerprint density at radius 1 is 1.45 bits per heavy atom. The summed E-state index contributed by atoms with van der Waals surface area (Å²) < 4.78 is 19.0. The molecule has 0 radical (unpaired) electrons. The highest BCUT2D eigenvalue weighted by Crippen LogP contribution is 2.27. The summed E-state index contributed by atoms with van der Waals surface area (Å²) >= 11 is 0. The van der Waals surface area contributed by atoms with E-state index in [-0.39, 0.29) is 23.7 Å². The number of carbonyl (C=O) groups excluding carboxylic acids is 1. The van der Waals surface area contributed by atoms with Crippen molar-refractivity contribution in [1.82, 2.24) is 5.32 Å². The third-order valence-corrected chi connectivity index (χ3v) is 4.51. The van der Waals surface area contributed by atoms with Crippen LogP contribution in [-0.4, -0.2) is 11.9 Å². The largest absolute Gasteiger partial charge is 0.459 e. The summed E-state index contributed by atoms with van der Waals surface area (Å²) in [7, 11) is 0. The van der Waals surface area contributed by atoms with E-state index in [2.05, 4.69) is 5.32 Å². The smallest absolute Gasteiger partial charge is 0.223 e. The zero-order valence-electron chi connectivity index (χ0n) is 12.7. The molecule has 2 aromatic rings. The number of hydrogen-bond donors (Lipinski definition) is 2.